The number of carbonyl (C=O) groups is 1. The standard InChI is InChI=1S/C15H12Cl2FNOS/c1-9(21-14-5-3-2-4-12(14)18)15(20)19-13-7-6-10(16)8-11(13)17/h2-9H,1H3,(H,19,20)/t9-/m1/s1. The number of amides is 1. The summed E-state index contributed by atoms with van der Waals surface area (Å²) in [6, 6.07) is 11.2. The average molecular weight is 344 g/mol. The van der Waals surface area contributed by atoms with Crippen LogP contribution >= 0.6 is 35.0 Å². The molecule has 0 saturated carbocycles. The molecule has 2 aromatic carbocycles. The van der Waals surface area contributed by atoms with Gasteiger partial charge in [0.05, 0.1) is 16.0 Å². The van der Waals surface area contributed by atoms with Crippen molar-refractivity contribution >= 4 is 46.6 Å². The highest BCUT2D eigenvalue weighted by atomic mass is 35.5. The van der Waals surface area contributed by atoms with Crippen LogP contribution in [-0.2, 0) is 4.79 Å². The molecule has 1 N–H and O–H groups in total. The van der Waals surface area contributed by atoms with E-state index in [2.05, 4.69) is 5.32 Å². The summed E-state index contributed by atoms with van der Waals surface area (Å²) >= 11 is 12.9. The molecule has 2 rings (SSSR count). The molecule has 0 aliphatic carbocycles. The van der Waals surface area contributed by atoms with Crippen LogP contribution in [-0.4, -0.2) is 11.2 Å². The van der Waals surface area contributed by atoms with Crippen molar-refractivity contribution in [3.63, 3.8) is 0 Å². The third kappa shape index (κ3) is 4.37. The van der Waals surface area contributed by atoms with Gasteiger partial charge in [0.1, 0.15) is 5.82 Å². The van der Waals surface area contributed by atoms with Crippen molar-refractivity contribution in [3.8, 4) is 0 Å². The highest BCUT2D eigenvalue weighted by Gasteiger charge is 2.17. The van der Waals surface area contributed by atoms with Gasteiger partial charge in [0.15, 0.2) is 0 Å². The lowest BCUT2D eigenvalue weighted by Crippen LogP contribution is -2.22. The molecule has 0 bridgehead atoms. The van der Waals surface area contributed by atoms with Crippen molar-refractivity contribution in [2.24, 2.45) is 0 Å². The second-order valence-electron chi connectivity index (χ2n) is 4.30. The van der Waals surface area contributed by atoms with E-state index in [0.29, 0.717) is 20.6 Å². The minimum absolute atomic E-state index is 0.257. The molecule has 0 heterocycles. The Bertz CT molecular complexity index is 666. The molecule has 2 nitrogen and oxygen atoms in total. The number of halogens is 3. The van der Waals surface area contributed by atoms with Gasteiger partial charge in [-0.15, -0.1) is 11.8 Å². The molecule has 0 fully saturated rings. The van der Waals surface area contributed by atoms with Crippen LogP contribution in [0.4, 0.5) is 10.1 Å². The Morgan fingerprint density at radius 3 is 2.62 bits per heavy atom. The fourth-order valence-corrected chi connectivity index (χ4v) is 2.95. The van der Waals surface area contributed by atoms with Gasteiger partial charge in [0.2, 0.25) is 5.91 Å². The zero-order valence-electron chi connectivity index (χ0n) is 11.1. The largest absolute Gasteiger partial charge is 0.324 e. The number of benzene rings is 2. The number of thioether (sulfide) groups is 1. The summed E-state index contributed by atoms with van der Waals surface area (Å²) in [6.45, 7) is 1.70. The molecule has 2 aromatic rings. The van der Waals surface area contributed by atoms with Gasteiger partial charge in [0, 0.05) is 9.92 Å². The number of rotatable bonds is 4. The van der Waals surface area contributed by atoms with Crippen LogP contribution in [0.25, 0.3) is 0 Å². The highest BCUT2D eigenvalue weighted by Crippen LogP contribution is 2.29. The minimum Gasteiger partial charge on any atom is -0.324 e. The summed E-state index contributed by atoms with van der Waals surface area (Å²) in [6.07, 6.45) is 0. The SMILES string of the molecule is C[C@@H](Sc1ccccc1F)C(=O)Nc1ccc(Cl)cc1Cl. The highest BCUT2D eigenvalue weighted by molar-refractivity contribution is 8.00. The van der Waals surface area contributed by atoms with Gasteiger partial charge in [-0.1, -0.05) is 35.3 Å². The zero-order chi connectivity index (χ0) is 15.4. The van der Waals surface area contributed by atoms with E-state index in [4.69, 9.17) is 23.2 Å². The third-order valence-corrected chi connectivity index (χ3v) is 4.40. The summed E-state index contributed by atoms with van der Waals surface area (Å²) in [5.41, 5.74) is 0.479. The Kier molecular flexibility index (Phi) is 5.51. The molecule has 0 aliphatic heterocycles. The van der Waals surface area contributed by atoms with E-state index in [0.717, 1.165) is 11.8 Å². The van der Waals surface area contributed by atoms with Gasteiger partial charge in [-0.3, -0.25) is 4.79 Å². The number of hydrogen-bond donors (Lipinski definition) is 1. The van der Waals surface area contributed by atoms with Crippen LogP contribution in [0.1, 0.15) is 6.92 Å². The van der Waals surface area contributed by atoms with E-state index in [-0.39, 0.29) is 11.7 Å². The van der Waals surface area contributed by atoms with Gasteiger partial charge in [-0.25, -0.2) is 4.39 Å². The van der Waals surface area contributed by atoms with Gasteiger partial charge in [-0.2, -0.15) is 0 Å². The van der Waals surface area contributed by atoms with Gasteiger partial charge in [0.25, 0.3) is 0 Å². The van der Waals surface area contributed by atoms with Crippen molar-refractivity contribution in [3.05, 3.63) is 58.3 Å². The van der Waals surface area contributed by atoms with Crippen molar-refractivity contribution in [1.29, 1.82) is 0 Å². The van der Waals surface area contributed by atoms with Crippen molar-refractivity contribution in [1.82, 2.24) is 0 Å². The Labute approximate surface area is 136 Å². The molecule has 1 amide bonds. The van der Waals surface area contributed by atoms with Crippen LogP contribution < -0.4 is 5.32 Å². The summed E-state index contributed by atoms with van der Waals surface area (Å²) in [5, 5.41) is 3.09. The maximum Gasteiger partial charge on any atom is 0.237 e. The van der Waals surface area contributed by atoms with Crippen LogP contribution in [0, 0.1) is 5.82 Å². The summed E-state index contributed by atoms with van der Waals surface area (Å²) in [7, 11) is 0. The average Bonchev–Trinajstić information content (AvgIpc) is 2.44. The predicted octanol–water partition coefficient (Wildman–Crippen LogP) is 5.25. The fraction of sp³-hybridized carbons (Fsp3) is 0.133. The maximum atomic E-state index is 13.6. The van der Waals surface area contributed by atoms with Crippen molar-refractivity contribution in [2.45, 2.75) is 17.1 Å². The Morgan fingerprint density at radius 1 is 1.24 bits per heavy atom. The van der Waals surface area contributed by atoms with E-state index in [1.807, 2.05) is 0 Å². The van der Waals surface area contributed by atoms with E-state index in [9.17, 15) is 9.18 Å². The van der Waals surface area contributed by atoms with E-state index >= 15 is 0 Å². The number of nitrogens with one attached hydrogen (secondary N) is 1. The van der Waals surface area contributed by atoms with E-state index in [1.165, 1.54) is 6.07 Å². The molecule has 21 heavy (non-hydrogen) atoms. The third-order valence-electron chi connectivity index (χ3n) is 2.70. The van der Waals surface area contributed by atoms with E-state index < -0.39 is 5.25 Å². The van der Waals surface area contributed by atoms with Crippen LogP contribution in [0.3, 0.4) is 0 Å². The number of carbonyl (C=O) groups excluding carboxylic acids is 1. The lowest BCUT2D eigenvalue weighted by atomic mass is 10.3. The summed E-state index contributed by atoms with van der Waals surface area (Å²) < 4.78 is 13.6. The normalized spacial score (nSPS) is 12.0. The first-order chi connectivity index (χ1) is 9.97. The first-order valence-electron chi connectivity index (χ1n) is 6.14. The minimum atomic E-state index is -0.464. The summed E-state index contributed by atoms with van der Waals surface area (Å²) in [4.78, 5) is 12.6. The lowest BCUT2D eigenvalue weighted by molar-refractivity contribution is -0.115. The first-order valence-corrected chi connectivity index (χ1v) is 7.78. The molecule has 0 spiro atoms. The molecule has 0 radical (unpaired) electrons. The topological polar surface area (TPSA) is 29.1 Å². The molecule has 6 heteroatoms. The molecule has 0 saturated heterocycles. The second-order valence-corrected chi connectivity index (χ2v) is 6.53. The first kappa shape index (κ1) is 16.1. The Hall–Kier alpha value is -1.23. The molecule has 0 aromatic heterocycles. The molecule has 0 aliphatic rings. The zero-order valence-corrected chi connectivity index (χ0v) is 13.4. The molecule has 110 valence electrons. The smallest absolute Gasteiger partial charge is 0.237 e. The molecular weight excluding hydrogens is 332 g/mol. The van der Waals surface area contributed by atoms with Gasteiger partial charge in [-0.05, 0) is 37.3 Å². The van der Waals surface area contributed by atoms with Crippen LogP contribution in [0.5, 0.6) is 0 Å². The monoisotopic (exact) mass is 343 g/mol. The van der Waals surface area contributed by atoms with Crippen molar-refractivity contribution in [2.75, 3.05) is 5.32 Å². The van der Waals surface area contributed by atoms with Crippen molar-refractivity contribution < 1.29 is 9.18 Å². The van der Waals surface area contributed by atoms with Gasteiger partial charge < -0.3 is 5.32 Å². The molecule has 0 unspecified atom stereocenters. The predicted molar refractivity (Wildman–Crippen MR) is 86.8 cm³/mol. The Balaban J connectivity index is 2.04. The summed E-state index contributed by atoms with van der Waals surface area (Å²) in [5.74, 6) is -0.598. The maximum absolute atomic E-state index is 13.6. The second kappa shape index (κ2) is 7.16. The quantitative estimate of drug-likeness (QED) is 0.768. The fourth-order valence-electron chi connectivity index (χ4n) is 1.61. The van der Waals surface area contributed by atoms with E-state index in [1.54, 1.807) is 43.3 Å². The molecular formula is C15H12Cl2FNOS. The molecule has 1 atom stereocenters. The van der Waals surface area contributed by atoms with Crippen LogP contribution in [0.15, 0.2) is 47.4 Å². The lowest BCUT2D eigenvalue weighted by Gasteiger charge is -2.13. The Morgan fingerprint density at radius 2 is 1.95 bits per heavy atom. The van der Waals surface area contributed by atoms with Gasteiger partial charge >= 0.3 is 0 Å². The number of anilines is 1. The number of hydrogen-bond acceptors (Lipinski definition) is 2. The van der Waals surface area contributed by atoms with Crippen LogP contribution in [0.2, 0.25) is 10.0 Å².